The van der Waals surface area contributed by atoms with E-state index in [4.69, 9.17) is 5.11 Å². The van der Waals surface area contributed by atoms with Crippen LogP contribution in [0.15, 0.2) is 18.2 Å². The van der Waals surface area contributed by atoms with Gasteiger partial charge in [0.05, 0.1) is 11.5 Å². The molecule has 0 radical (unpaired) electrons. The van der Waals surface area contributed by atoms with E-state index in [2.05, 4.69) is 0 Å². The second-order valence-corrected chi connectivity index (χ2v) is 3.50. The van der Waals surface area contributed by atoms with E-state index in [1.54, 1.807) is 30.0 Å². The largest absolute Gasteiger partial charge is 0.395 e. The molecule has 16 heavy (non-hydrogen) atoms. The van der Waals surface area contributed by atoms with Gasteiger partial charge in [0.2, 0.25) is 0 Å². The molecule has 0 saturated heterocycles. The molecule has 0 saturated carbocycles. The minimum atomic E-state index is -0.370. The van der Waals surface area contributed by atoms with Crippen molar-refractivity contribution in [3.8, 4) is 0 Å². The number of aliphatic hydroxyl groups is 1. The molecule has 5 nitrogen and oxygen atoms in total. The van der Waals surface area contributed by atoms with Crippen molar-refractivity contribution in [2.24, 2.45) is 0 Å². The van der Waals surface area contributed by atoms with E-state index < -0.39 is 0 Å². The molecular formula is C11H16N2O3. The average molecular weight is 224 g/mol. The third-order valence-corrected chi connectivity index (χ3v) is 2.49. The first-order valence-electron chi connectivity index (χ1n) is 5.21. The fourth-order valence-electron chi connectivity index (χ4n) is 1.71. The van der Waals surface area contributed by atoms with Gasteiger partial charge in [-0.25, -0.2) is 0 Å². The molecule has 0 unspecified atom stereocenters. The molecule has 0 spiro atoms. The quantitative estimate of drug-likeness (QED) is 0.611. The summed E-state index contributed by atoms with van der Waals surface area (Å²) in [6.45, 7) is 4.64. The maximum Gasteiger partial charge on any atom is 0.295 e. The lowest BCUT2D eigenvalue weighted by atomic mass is 10.1. The normalized spacial score (nSPS) is 10.2. The van der Waals surface area contributed by atoms with Crippen LogP contribution in [0.3, 0.4) is 0 Å². The monoisotopic (exact) mass is 224 g/mol. The number of likely N-dealkylation sites (N-methyl/N-ethyl adjacent to an activating group) is 1. The Labute approximate surface area is 94.5 Å². The highest BCUT2D eigenvalue weighted by atomic mass is 16.6. The van der Waals surface area contributed by atoms with Crippen LogP contribution in [0, 0.1) is 17.0 Å². The lowest BCUT2D eigenvalue weighted by Gasteiger charge is -2.22. The number of rotatable bonds is 5. The minimum absolute atomic E-state index is 0.0149. The zero-order valence-electron chi connectivity index (χ0n) is 9.51. The van der Waals surface area contributed by atoms with Gasteiger partial charge in [-0.3, -0.25) is 10.1 Å². The molecule has 1 aromatic rings. The van der Waals surface area contributed by atoms with Crippen molar-refractivity contribution in [1.82, 2.24) is 0 Å². The van der Waals surface area contributed by atoms with Gasteiger partial charge in [-0.1, -0.05) is 12.1 Å². The van der Waals surface area contributed by atoms with Crippen molar-refractivity contribution < 1.29 is 10.0 Å². The summed E-state index contributed by atoms with van der Waals surface area (Å²) in [5, 5.41) is 19.9. The maximum absolute atomic E-state index is 11.0. The Kier molecular flexibility index (Phi) is 4.25. The smallest absolute Gasteiger partial charge is 0.295 e. The zero-order valence-corrected chi connectivity index (χ0v) is 9.51. The number of aliphatic hydroxyl groups excluding tert-OH is 1. The van der Waals surface area contributed by atoms with E-state index in [1.807, 2.05) is 6.92 Å². The van der Waals surface area contributed by atoms with E-state index in [0.29, 0.717) is 24.3 Å². The number of benzene rings is 1. The standard InChI is InChI=1S/C11H16N2O3/c1-3-12(7-8-14)10-6-4-5-9(2)11(10)13(15)16/h4-6,14H,3,7-8H2,1-2H3. The molecule has 0 aliphatic heterocycles. The molecule has 0 heterocycles. The summed E-state index contributed by atoms with van der Waals surface area (Å²) in [7, 11) is 0. The van der Waals surface area contributed by atoms with Crippen LogP contribution in [0.1, 0.15) is 12.5 Å². The zero-order chi connectivity index (χ0) is 12.1. The summed E-state index contributed by atoms with van der Waals surface area (Å²) in [4.78, 5) is 12.4. The molecule has 88 valence electrons. The molecule has 1 N–H and O–H groups in total. The maximum atomic E-state index is 11.0. The highest BCUT2D eigenvalue weighted by Gasteiger charge is 2.20. The first-order valence-corrected chi connectivity index (χ1v) is 5.21. The molecule has 1 rings (SSSR count). The number of nitro benzene ring substituents is 1. The number of nitrogens with zero attached hydrogens (tertiary/aromatic N) is 2. The van der Waals surface area contributed by atoms with Crippen LogP contribution in [-0.2, 0) is 0 Å². The van der Waals surface area contributed by atoms with Crippen LogP contribution in [0.4, 0.5) is 11.4 Å². The topological polar surface area (TPSA) is 66.6 Å². The van der Waals surface area contributed by atoms with Crippen LogP contribution >= 0.6 is 0 Å². The van der Waals surface area contributed by atoms with Gasteiger partial charge in [-0.05, 0) is 19.9 Å². The Morgan fingerprint density at radius 3 is 2.69 bits per heavy atom. The van der Waals surface area contributed by atoms with Crippen molar-refractivity contribution in [3.63, 3.8) is 0 Å². The molecular weight excluding hydrogens is 208 g/mol. The van der Waals surface area contributed by atoms with Gasteiger partial charge in [0.15, 0.2) is 0 Å². The van der Waals surface area contributed by atoms with Gasteiger partial charge in [0, 0.05) is 18.7 Å². The molecule has 0 fully saturated rings. The Balaban J connectivity index is 3.20. The Morgan fingerprint density at radius 2 is 2.19 bits per heavy atom. The van der Waals surface area contributed by atoms with Gasteiger partial charge in [-0.15, -0.1) is 0 Å². The van der Waals surface area contributed by atoms with Crippen LogP contribution in [0.25, 0.3) is 0 Å². The lowest BCUT2D eigenvalue weighted by molar-refractivity contribution is -0.384. The number of para-hydroxylation sites is 1. The van der Waals surface area contributed by atoms with E-state index in [-0.39, 0.29) is 17.2 Å². The van der Waals surface area contributed by atoms with Crippen LogP contribution in [0.2, 0.25) is 0 Å². The van der Waals surface area contributed by atoms with Crippen LogP contribution in [-0.4, -0.2) is 29.7 Å². The number of aryl methyl sites for hydroxylation is 1. The molecule has 0 aliphatic rings. The number of hydrogen-bond acceptors (Lipinski definition) is 4. The molecule has 0 aromatic heterocycles. The van der Waals surface area contributed by atoms with Crippen molar-refractivity contribution in [1.29, 1.82) is 0 Å². The molecule has 5 heteroatoms. The Morgan fingerprint density at radius 1 is 1.50 bits per heavy atom. The second-order valence-electron chi connectivity index (χ2n) is 3.50. The third kappa shape index (κ3) is 2.49. The van der Waals surface area contributed by atoms with Gasteiger partial charge >= 0.3 is 0 Å². The summed E-state index contributed by atoms with van der Waals surface area (Å²) in [6.07, 6.45) is 0. The summed E-state index contributed by atoms with van der Waals surface area (Å²) in [5.74, 6) is 0. The predicted octanol–water partition coefficient (Wildman–Crippen LogP) is 1.72. The highest BCUT2D eigenvalue weighted by molar-refractivity contribution is 5.66. The summed E-state index contributed by atoms with van der Waals surface area (Å²) in [6, 6.07) is 5.22. The fraction of sp³-hybridized carbons (Fsp3) is 0.455. The highest BCUT2D eigenvalue weighted by Crippen LogP contribution is 2.30. The van der Waals surface area contributed by atoms with Gasteiger partial charge in [0.1, 0.15) is 5.69 Å². The van der Waals surface area contributed by atoms with Crippen molar-refractivity contribution in [3.05, 3.63) is 33.9 Å². The third-order valence-electron chi connectivity index (χ3n) is 2.49. The summed E-state index contributed by atoms with van der Waals surface area (Å²) < 4.78 is 0. The van der Waals surface area contributed by atoms with E-state index in [0.717, 1.165) is 0 Å². The van der Waals surface area contributed by atoms with E-state index in [9.17, 15) is 10.1 Å². The van der Waals surface area contributed by atoms with Crippen LogP contribution < -0.4 is 4.90 Å². The second kappa shape index (κ2) is 5.46. The van der Waals surface area contributed by atoms with Gasteiger partial charge in [0.25, 0.3) is 5.69 Å². The van der Waals surface area contributed by atoms with Crippen molar-refractivity contribution >= 4 is 11.4 Å². The van der Waals surface area contributed by atoms with Crippen molar-refractivity contribution in [2.45, 2.75) is 13.8 Å². The summed E-state index contributed by atoms with van der Waals surface area (Å²) in [5.41, 5.74) is 1.33. The molecule has 0 bridgehead atoms. The number of nitro groups is 1. The first-order chi connectivity index (χ1) is 7.61. The fourth-order valence-corrected chi connectivity index (χ4v) is 1.71. The van der Waals surface area contributed by atoms with Gasteiger partial charge < -0.3 is 10.0 Å². The number of anilines is 1. The lowest BCUT2D eigenvalue weighted by Crippen LogP contribution is -2.27. The van der Waals surface area contributed by atoms with E-state index >= 15 is 0 Å². The molecule has 0 amide bonds. The first kappa shape index (κ1) is 12.4. The predicted molar refractivity (Wildman–Crippen MR) is 62.8 cm³/mol. The Hall–Kier alpha value is -1.62. The minimum Gasteiger partial charge on any atom is -0.395 e. The van der Waals surface area contributed by atoms with Crippen molar-refractivity contribution in [2.75, 3.05) is 24.6 Å². The molecule has 0 aliphatic carbocycles. The SMILES string of the molecule is CCN(CCO)c1cccc(C)c1[N+](=O)[O-]. The van der Waals surface area contributed by atoms with E-state index in [1.165, 1.54) is 0 Å². The van der Waals surface area contributed by atoms with Crippen LogP contribution in [0.5, 0.6) is 0 Å². The molecule has 1 aromatic carbocycles. The van der Waals surface area contributed by atoms with Gasteiger partial charge in [-0.2, -0.15) is 0 Å². The molecule has 0 atom stereocenters. The summed E-state index contributed by atoms with van der Waals surface area (Å²) >= 11 is 0. The average Bonchev–Trinajstić information content (AvgIpc) is 2.25. The Bertz CT molecular complexity index is 379. The number of hydrogen-bond donors (Lipinski definition) is 1.